The minimum atomic E-state index is -3.84. The van der Waals surface area contributed by atoms with E-state index in [0.717, 1.165) is 17.8 Å². The van der Waals surface area contributed by atoms with Crippen molar-refractivity contribution in [3.8, 4) is 5.75 Å². The number of thiazole rings is 1. The summed E-state index contributed by atoms with van der Waals surface area (Å²) in [6, 6.07) is 11.5. The molecule has 10 heteroatoms. The maximum Gasteiger partial charge on any atom is 0.244 e. The number of nitrogens with zero attached hydrogens (tertiary/aromatic N) is 3. The van der Waals surface area contributed by atoms with Gasteiger partial charge in [-0.1, -0.05) is 42.9 Å². The summed E-state index contributed by atoms with van der Waals surface area (Å²) in [6.45, 7) is 9.09. The predicted octanol–water partition coefficient (Wildman–Crippen LogP) is 4.50. The molecule has 7 nitrogen and oxygen atoms in total. The van der Waals surface area contributed by atoms with E-state index in [9.17, 15) is 13.2 Å². The molecule has 0 atom stereocenters. The average molecular weight is 510 g/mol. The average Bonchev–Trinajstić information content (AvgIpc) is 3.22. The Morgan fingerprint density at radius 1 is 1.06 bits per heavy atom. The number of carbonyl (C=O) groups is 1. The van der Waals surface area contributed by atoms with E-state index in [2.05, 4.69) is 9.88 Å². The molecule has 0 aliphatic rings. The van der Waals surface area contributed by atoms with E-state index in [0.29, 0.717) is 41.1 Å². The van der Waals surface area contributed by atoms with Crippen LogP contribution in [-0.2, 0) is 14.6 Å². The van der Waals surface area contributed by atoms with E-state index in [4.69, 9.17) is 16.3 Å². The SMILES string of the molecule is CCOc1cccc2sc(N(CCN(CC)CC)C(=O)CS(=O)(=O)c3ccc(Cl)cc3)nc12. The molecule has 0 aliphatic heterocycles. The number of hydrogen-bond donors (Lipinski definition) is 0. The van der Waals surface area contributed by atoms with Crippen LogP contribution in [0.1, 0.15) is 20.8 Å². The highest BCUT2D eigenvalue weighted by atomic mass is 35.5. The van der Waals surface area contributed by atoms with Crippen molar-refractivity contribution < 1.29 is 17.9 Å². The maximum absolute atomic E-state index is 13.3. The molecule has 2 aromatic carbocycles. The van der Waals surface area contributed by atoms with Crippen LogP contribution in [0.25, 0.3) is 10.2 Å². The number of ether oxygens (including phenoxy) is 1. The van der Waals surface area contributed by atoms with E-state index >= 15 is 0 Å². The number of aromatic nitrogens is 1. The fourth-order valence-corrected chi connectivity index (χ4v) is 5.72. The van der Waals surface area contributed by atoms with Gasteiger partial charge in [0.15, 0.2) is 15.0 Å². The van der Waals surface area contributed by atoms with Crippen LogP contribution in [0.15, 0.2) is 47.4 Å². The topological polar surface area (TPSA) is 79.8 Å². The zero-order valence-corrected chi connectivity index (χ0v) is 21.3. The Labute approximate surface area is 203 Å². The zero-order chi connectivity index (χ0) is 24.0. The molecule has 3 aromatic rings. The smallest absolute Gasteiger partial charge is 0.244 e. The summed E-state index contributed by atoms with van der Waals surface area (Å²) < 4.78 is 32.4. The molecule has 0 saturated heterocycles. The quantitative estimate of drug-likeness (QED) is 0.378. The number of likely N-dealkylation sites (N-methyl/N-ethyl adjacent to an activating group) is 1. The molecule has 0 saturated carbocycles. The van der Waals surface area contributed by atoms with E-state index < -0.39 is 21.5 Å². The largest absolute Gasteiger partial charge is 0.492 e. The number of hydrogen-bond acceptors (Lipinski definition) is 7. The molecule has 0 unspecified atom stereocenters. The third kappa shape index (κ3) is 6.23. The van der Waals surface area contributed by atoms with Crippen molar-refractivity contribution >= 4 is 54.0 Å². The first-order valence-corrected chi connectivity index (χ1v) is 13.7. The highest BCUT2D eigenvalue weighted by molar-refractivity contribution is 7.92. The summed E-state index contributed by atoms with van der Waals surface area (Å²) in [5.74, 6) is -0.530. The van der Waals surface area contributed by atoms with Crippen LogP contribution in [0.2, 0.25) is 5.02 Å². The van der Waals surface area contributed by atoms with Gasteiger partial charge in [-0.15, -0.1) is 0 Å². The standard InChI is InChI=1S/C23H28ClN3O4S2/c1-4-26(5-2)14-15-27(21(28)16-33(29,30)18-12-10-17(24)11-13-18)23-25-22-19(31-6-3)8-7-9-20(22)32-23/h7-13H,4-6,14-16H2,1-3H3. The minimum absolute atomic E-state index is 0.0619. The van der Waals surface area contributed by atoms with Crippen LogP contribution >= 0.6 is 22.9 Å². The van der Waals surface area contributed by atoms with Crippen molar-refractivity contribution in [1.29, 1.82) is 0 Å². The predicted molar refractivity (Wildman–Crippen MR) is 134 cm³/mol. The van der Waals surface area contributed by atoms with Gasteiger partial charge in [-0.05, 0) is 56.4 Å². The molecular formula is C23H28ClN3O4S2. The highest BCUT2D eigenvalue weighted by Gasteiger charge is 2.27. The molecule has 1 aromatic heterocycles. The summed E-state index contributed by atoms with van der Waals surface area (Å²) in [7, 11) is -3.84. The van der Waals surface area contributed by atoms with Gasteiger partial charge in [0.25, 0.3) is 0 Å². The number of fused-ring (bicyclic) bond motifs is 1. The van der Waals surface area contributed by atoms with Gasteiger partial charge < -0.3 is 9.64 Å². The number of sulfone groups is 1. The normalized spacial score (nSPS) is 11.8. The number of rotatable bonds is 11. The Bertz CT molecular complexity index is 1190. The number of para-hydroxylation sites is 1. The zero-order valence-electron chi connectivity index (χ0n) is 19.0. The molecule has 0 radical (unpaired) electrons. The third-order valence-corrected chi connectivity index (χ3v) is 8.14. The Kier molecular flexibility index (Phi) is 8.69. The van der Waals surface area contributed by atoms with Crippen LogP contribution in [0.5, 0.6) is 5.75 Å². The number of anilines is 1. The maximum atomic E-state index is 13.3. The summed E-state index contributed by atoms with van der Waals surface area (Å²) in [6.07, 6.45) is 0. The first kappa shape index (κ1) is 25.4. The molecule has 0 aliphatic carbocycles. The molecule has 33 heavy (non-hydrogen) atoms. The molecule has 1 heterocycles. The van der Waals surface area contributed by atoms with E-state index in [-0.39, 0.29) is 4.90 Å². The second kappa shape index (κ2) is 11.3. The summed E-state index contributed by atoms with van der Waals surface area (Å²) >= 11 is 7.23. The molecule has 0 spiro atoms. The molecule has 0 bridgehead atoms. The van der Waals surface area contributed by atoms with Gasteiger partial charge in [-0.3, -0.25) is 9.69 Å². The monoisotopic (exact) mass is 509 g/mol. The molecule has 0 N–H and O–H groups in total. The van der Waals surface area contributed by atoms with Crippen LogP contribution in [0.3, 0.4) is 0 Å². The van der Waals surface area contributed by atoms with Gasteiger partial charge in [0.1, 0.15) is 17.0 Å². The van der Waals surface area contributed by atoms with Crippen molar-refractivity contribution in [2.45, 2.75) is 25.7 Å². The van der Waals surface area contributed by atoms with Crippen molar-refractivity contribution in [2.75, 3.05) is 43.4 Å². The van der Waals surface area contributed by atoms with Gasteiger partial charge in [0.2, 0.25) is 5.91 Å². The Morgan fingerprint density at radius 3 is 2.39 bits per heavy atom. The molecular weight excluding hydrogens is 482 g/mol. The van der Waals surface area contributed by atoms with Gasteiger partial charge >= 0.3 is 0 Å². The van der Waals surface area contributed by atoms with Crippen molar-refractivity contribution in [1.82, 2.24) is 9.88 Å². The summed E-state index contributed by atoms with van der Waals surface area (Å²) in [4.78, 5) is 21.7. The number of carbonyl (C=O) groups excluding carboxylic acids is 1. The molecule has 1 amide bonds. The molecule has 0 fully saturated rings. The Morgan fingerprint density at radius 2 is 1.76 bits per heavy atom. The van der Waals surface area contributed by atoms with Crippen molar-refractivity contribution in [3.05, 3.63) is 47.5 Å². The molecule has 3 rings (SSSR count). The van der Waals surface area contributed by atoms with Crippen LogP contribution in [0.4, 0.5) is 5.13 Å². The lowest BCUT2D eigenvalue weighted by Gasteiger charge is -2.24. The number of benzene rings is 2. The Hall–Kier alpha value is -2.20. The summed E-state index contributed by atoms with van der Waals surface area (Å²) in [5.41, 5.74) is 0.667. The lowest BCUT2D eigenvalue weighted by Crippen LogP contribution is -2.41. The number of amides is 1. The van der Waals surface area contributed by atoms with Gasteiger partial charge in [0, 0.05) is 18.1 Å². The molecule has 178 valence electrons. The van der Waals surface area contributed by atoms with Gasteiger partial charge in [-0.25, -0.2) is 13.4 Å². The fourth-order valence-electron chi connectivity index (χ4n) is 3.37. The third-order valence-electron chi connectivity index (χ3n) is 5.22. The highest BCUT2D eigenvalue weighted by Crippen LogP contribution is 2.34. The second-order valence-corrected chi connectivity index (χ2v) is 10.8. The minimum Gasteiger partial charge on any atom is -0.492 e. The van der Waals surface area contributed by atoms with E-state index in [1.807, 2.05) is 39.0 Å². The summed E-state index contributed by atoms with van der Waals surface area (Å²) in [5, 5.41) is 0.890. The van der Waals surface area contributed by atoms with Gasteiger partial charge in [0.05, 0.1) is 16.2 Å². The fraction of sp³-hybridized carbons (Fsp3) is 0.391. The first-order chi connectivity index (χ1) is 15.8. The van der Waals surface area contributed by atoms with Crippen molar-refractivity contribution in [3.63, 3.8) is 0 Å². The number of halogens is 1. The van der Waals surface area contributed by atoms with Crippen LogP contribution < -0.4 is 9.64 Å². The van der Waals surface area contributed by atoms with E-state index in [1.165, 1.54) is 40.5 Å². The lowest BCUT2D eigenvalue weighted by molar-refractivity contribution is -0.116. The van der Waals surface area contributed by atoms with Crippen LogP contribution in [-0.4, -0.2) is 62.7 Å². The van der Waals surface area contributed by atoms with Crippen LogP contribution in [0, 0.1) is 0 Å². The van der Waals surface area contributed by atoms with Gasteiger partial charge in [-0.2, -0.15) is 0 Å². The van der Waals surface area contributed by atoms with Crippen molar-refractivity contribution in [2.24, 2.45) is 0 Å². The first-order valence-electron chi connectivity index (χ1n) is 10.8. The lowest BCUT2D eigenvalue weighted by atomic mass is 10.3. The van der Waals surface area contributed by atoms with E-state index in [1.54, 1.807) is 0 Å². The Balaban J connectivity index is 1.93. The second-order valence-electron chi connectivity index (χ2n) is 7.32.